The number of rotatable bonds is 6. The van der Waals surface area contributed by atoms with Gasteiger partial charge in [-0.3, -0.25) is 19.7 Å². The third-order valence-electron chi connectivity index (χ3n) is 3.11. The van der Waals surface area contributed by atoms with Crippen LogP contribution in [0.4, 0.5) is 5.69 Å². The lowest BCUT2D eigenvalue weighted by atomic mass is 10.0. The number of carboxylic acids is 1. The highest BCUT2D eigenvalue weighted by Gasteiger charge is 2.22. The van der Waals surface area contributed by atoms with E-state index >= 15 is 0 Å². The Hall–Kier alpha value is -2.67. The molecule has 0 aliphatic rings. The van der Waals surface area contributed by atoms with E-state index in [1.54, 1.807) is 30.3 Å². The minimum Gasteiger partial charge on any atom is -0.480 e. The van der Waals surface area contributed by atoms with Gasteiger partial charge in [-0.2, -0.15) is 0 Å². The summed E-state index contributed by atoms with van der Waals surface area (Å²) < 4.78 is 0. The monoisotopic (exact) mass is 331 g/mol. The molecule has 2 rings (SSSR count). The molecule has 2 aromatic rings. The number of ketones is 1. The zero-order chi connectivity index (χ0) is 17.0. The molecule has 0 bridgehead atoms. The quantitative estimate of drug-likeness (QED) is 0.377. The van der Waals surface area contributed by atoms with E-state index in [0.29, 0.717) is 5.56 Å². The van der Waals surface area contributed by atoms with Crippen LogP contribution in [0, 0.1) is 10.1 Å². The summed E-state index contributed by atoms with van der Waals surface area (Å²) in [7, 11) is 0. The highest BCUT2D eigenvalue weighted by Crippen LogP contribution is 2.33. The fourth-order valence-corrected chi connectivity index (χ4v) is 2.78. The Kier molecular flexibility index (Phi) is 5.13. The predicted octanol–water partition coefficient (Wildman–Crippen LogP) is 3.39. The first-order chi connectivity index (χ1) is 10.9. The molecule has 6 nitrogen and oxygen atoms in total. The lowest BCUT2D eigenvalue weighted by Gasteiger charge is -2.08. The number of nitro groups is 1. The normalized spacial score (nSPS) is 11.7. The van der Waals surface area contributed by atoms with Crippen LogP contribution < -0.4 is 0 Å². The van der Waals surface area contributed by atoms with Crippen molar-refractivity contribution in [3.63, 3.8) is 0 Å². The van der Waals surface area contributed by atoms with Crippen molar-refractivity contribution in [1.29, 1.82) is 0 Å². The lowest BCUT2D eigenvalue weighted by molar-refractivity contribution is -0.387. The maximum atomic E-state index is 12.3. The van der Waals surface area contributed by atoms with Crippen molar-refractivity contribution in [2.75, 3.05) is 0 Å². The van der Waals surface area contributed by atoms with Gasteiger partial charge in [0.15, 0.2) is 5.78 Å². The first-order valence-electron chi connectivity index (χ1n) is 6.68. The standard InChI is InChI=1S/C16H13NO5S/c1-10(16(19)20)23-14-8-7-12(9-13(14)17(21)22)15(18)11-5-3-2-4-6-11/h2-10H,1H3,(H,19,20)/t10-/m1/s1. The van der Waals surface area contributed by atoms with Crippen LogP contribution in [0.15, 0.2) is 53.4 Å². The van der Waals surface area contributed by atoms with Gasteiger partial charge in [0.2, 0.25) is 0 Å². The van der Waals surface area contributed by atoms with Crippen molar-refractivity contribution in [2.24, 2.45) is 0 Å². The van der Waals surface area contributed by atoms with E-state index < -0.39 is 16.1 Å². The van der Waals surface area contributed by atoms with Crippen molar-refractivity contribution in [1.82, 2.24) is 0 Å². The zero-order valence-corrected chi connectivity index (χ0v) is 12.9. The van der Waals surface area contributed by atoms with Gasteiger partial charge < -0.3 is 5.11 Å². The highest BCUT2D eigenvalue weighted by atomic mass is 32.2. The maximum absolute atomic E-state index is 12.3. The van der Waals surface area contributed by atoms with Crippen LogP contribution in [0.2, 0.25) is 0 Å². The van der Waals surface area contributed by atoms with E-state index in [9.17, 15) is 19.7 Å². The molecule has 1 N–H and O–H groups in total. The number of nitro benzene ring substituents is 1. The largest absolute Gasteiger partial charge is 0.480 e. The second-order valence-corrected chi connectivity index (χ2v) is 6.12. The number of carbonyl (C=O) groups excluding carboxylic acids is 1. The molecule has 0 aliphatic heterocycles. The van der Waals surface area contributed by atoms with Crippen LogP contribution in [-0.2, 0) is 4.79 Å². The molecule has 0 saturated heterocycles. The molecule has 0 spiro atoms. The number of carbonyl (C=O) groups is 2. The second kappa shape index (κ2) is 7.06. The van der Waals surface area contributed by atoms with Crippen LogP contribution in [0.1, 0.15) is 22.8 Å². The smallest absolute Gasteiger partial charge is 0.316 e. The molecule has 0 aliphatic carbocycles. The van der Waals surface area contributed by atoms with Crippen LogP contribution in [0.5, 0.6) is 0 Å². The van der Waals surface area contributed by atoms with Crippen LogP contribution in [-0.4, -0.2) is 27.0 Å². The van der Waals surface area contributed by atoms with Gasteiger partial charge in [-0.25, -0.2) is 0 Å². The lowest BCUT2D eigenvalue weighted by Crippen LogP contribution is -2.11. The Morgan fingerprint density at radius 2 is 1.78 bits per heavy atom. The molecule has 0 aromatic heterocycles. The predicted molar refractivity (Wildman–Crippen MR) is 85.9 cm³/mol. The third-order valence-corrected chi connectivity index (χ3v) is 4.26. The summed E-state index contributed by atoms with van der Waals surface area (Å²) in [4.78, 5) is 34.1. The summed E-state index contributed by atoms with van der Waals surface area (Å²) in [5.74, 6) is -1.38. The van der Waals surface area contributed by atoms with Gasteiger partial charge in [0.1, 0.15) is 5.25 Å². The number of benzene rings is 2. The van der Waals surface area contributed by atoms with Crippen LogP contribution in [0.3, 0.4) is 0 Å². The Morgan fingerprint density at radius 1 is 1.13 bits per heavy atom. The Balaban J connectivity index is 2.38. The molecule has 0 radical (unpaired) electrons. The first kappa shape index (κ1) is 16.7. The van der Waals surface area contributed by atoms with E-state index in [4.69, 9.17) is 5.11 Å². The molecular formula is C16H13NO5S. The van der Waals surface area contributed by atoms with Gasteiger partial charge in [-0.15, -0.1) is 11.8 Å². The summed E-state index contributed by atoms with van der Waals surface area (Å²) in [5, 5.41) is 19.3. The minimum atomic E-state index is -1.06. The summed E-state index contributed by atoms with van der Waals surface area (Å²) >= 11 is 0.870. The minimum absolute atomic E-state index is 0.190. The van der Waals surface area contributed by atoms with Crippen molar-refractivity contribution in [3.05, 3.63) is 69.8 Å². The zero-order valence-electron chi connectivity index (χ0n) is 12.1. The van der Waals surface area contributed by atoms with E-state index in [1.807, 2.05) is 0 Å². The van der Waals surface area contributed by atoms with Crippen molar-refractivity contribution in [2.45, 2.75) is 17.1 Å². The van der Waals surface area contributed by atoms with Gasteiger partial charge in [0.05, 0.1) is 9.82 Å². The van der Waals surface area contributed by atoms with Crippen molar-refractivity contribution in [3.8, 4) is 0 Å². The highest BCUT2D eigenvalue weighted by molar-refractivity contribution is 8.00. The SMILES string of the molecule is C[C@@H](Sc1ccc(C(=O)c2ccccc2)cc1[N+](=O)[O-])C(=O)O. The van der Waals surface area contributed by atoms with Crippen molar-refractivity contribution >= 4 is 29.2 Å². The Morgan fingerprint density at radius 3 is 2.35 bits per heavy atom. The molecule has 118 valence electrons. The molecule has 23 heavy (non-hydrogen) atoms. The number of hydrogen-bond acceptors (Lipinski definition) is 5. The number of carboxylic acid groups (broad SMARTS) is 1. The molecular weight excluding hydrogens is 318 g/mol. The molecule has 1 atom stereocenters. The maximum Gasteiger partial charge on any atom is 0.316 e. The fourth-order valence-electron chi connectivity index (χ4n) is 1.90. The van der Waals surface area contributed by atoms with Gasteiger partial charge in [-0.1, -0.05) is 30.3 Å². The number of thioether (sulfide) groups is 1. The van der Waals surface area contributed by atoms with E-state index in [0.717, 1.165) is 11.8 Å². The number of aliphatic carboxylic acids is 1. The summed E-state index contributed by atoms with van der Waals surface area (Å²) in [6, 6.07) is 12.5. The van der Waals surface area contributed by atoms with E-state index in [1.165, 1.54) is 25.1 Å². The van der Waals surface area contributed by atoms with E-state index in [-0.39, 0.29) is 21.9 Å². The van der Waals surface area contributed by atoms with Crippen LogP contribution >= 0.6 is 11.8 Å². The third kappa shape index (κ3) is 3.95. The number of nitrogens with zero attached hydrogens (tertiary/aromatic N) is 1. The van der Waals surface area contributed by atoms with Gasteiger partial charge in [0, 0.05) is 17.2 Å². The fraction of sp³-hybridized carbons (Fsp3) is 0.125. The average Bonchev–Trinajstić information content (AvgIpc) is 2.55. The molecule has 0 fully saturated rings. The topological polar surface area (TPSA) is 97.5 Å². The summed E-state index contributed by atoms with van der Waals surface area (Å²) in [6.45, 7) is 1.44. The van der Waals surface area contributed by atoms with Gasteiger partial charge in [0.25, 0.3) is 5.69 Å². The Bertz CT molecular complexity index is 760. The van der Waals surface area contributed by atoms with Crippen molar-refractivity contribution < 1.29 is 19.6 Å². The summed E-state index contributed by atoms with van der Waals surface area (Å²) in [5.41, 5.74) is 0.348. The molecule has 0 saturated carbocycles. The molecule has 0 amide bonds. The second-order valence-electron chi connectivity index (χ2n) is 4.73. The first-order valence-corrected chi connectivity index (χ1v) is 7.55. The number of hydrogen-bond donors (Lipinski definition) is 1. The van der Waals surface area contributed by atoms with E-state index in [2.05, 4.69) is 0 Å². The Labute approximate surface area is 136 Å². The summed E-state index contributed by atoms with van der Waals surface area (Å²) in [6.07, 6.45) is 0. The molecule has 7 heteroatoms. The van der Waals surface area contributed by atoms with Gasteiger partial charge >= 0.3 is 5.97 Å². The molecule has 0 heterocycles. The van der Waals surface area contributed by atoms with Gasteiger partial charge in [-0.05, 0) is 19.1 Å². The molecule has 2 aromatic carbocycles. The molecule has 0 unspecified atom stereocenters. The average molecular weight is 331 g/mol. The van der Waals surface area contributed by atoms with Crippen LogP contribution in [0.25, 0.3) is 0 Å².